The molecule has 3 N–H and O–H groups in total. The highest BCUT2D eigenvalue weighted by Crippen LogP contribution is 2.29. The molecule has 0 bridgehead atoms. The molecule has 1 rings (SSSR count). The fourth-order valence-corrected chi connectivity index (χ4v) is 4.41. The molecule has 0 radical (unpaired) electrons. The van der Waals surface area contributed by atoms with Crippen molar-refractivity contribution in [3.63, 3.8) is 0 Å². The molecule has 0 atom stereocenters. The number of rotatable bonds is 6. The summed E-state index contributed by atoms with van der Waals surface area (Å²) in [4.78, 5) is 0.0435. The minimum absolute atomic E-state index is 0.0435. The van der Waals surface area contributed by atoms with Crippen LogP contribution in [0.15, 0.2) is 17.0 Å². The molecule has 1 aromatic rings. The largest absolute Gasteiger partial charge is 0.398 e. The van der Waals surface area contributed by atoms with Gasteiger partial charge in [0.2, 0.25) is 10.0 Å². The highest BCUT2D eigenvalue weighted by Gasteiger charge is 2.31. The number of benzene rings is 1. The Labute approximate surface area is 126 Å². The minimum Gasteiger partial charge on any atom is -0.398 e. The van der Waals surface area contributed by atoms with E-state index in [0.717, 1.165) is 24.8 Å². The molecule has 20 heavy (non-hydrogen) atoms. The Balaban J connectivity index is 3.28. The van der Waals surface area contributed by atoms with Crippen LogP contribution in [0.2, 0.25) is 5.02 Å². The maximum Gasteiger partial charge on any atom is 0.242 e. The Morgan fingerprint density at radius 2 is 1.70 bits per heavy atom. The number of nitrogen functional groups attached to an aromatic ring is 1. The van der Waals surface area contributed by atoms with Crippen molar-refractivity contribution >= 4 is 27.3 Å². The minimum atomic E-state index is -3.69. The molecule has 0 aliphatic heterocycles. The lowest BCUT2D eigenvalue weighted by atomic mass is 9.91. The predicted molar refractivity (Wildman–Crippen MR) is 84.5 cm³/mol. The fraction of sp³-hybridized carbons (Fsp3) is 0.571. The number of nitrogens with one attached hydrogen (secondary N) is 1. The van der Waals surface area contributed by atoms with Crippen LogP contribution in [-0.4, -0.2) is 14.0 Å². The molecule has 0 aliphatic rings. The van der Waals surface area contributed by atoms with E-state index in [9.17, 15) is 8.42 Å². The second-order valence-corrected chi connectivity index (χ2v) is 7.14. The van der Waals surface area contributed by atoms with Crippen molar-refractivity contribution < 1.29 is 8.42 Å². The molecule has 0 aromatic heterocycles. The topological polar surface area (TPSA) is 72.2 Å². The third kappa shape index (κ3) is 3.45. The van der Waals surface area contributed by atoms with Crippen molar-refractivity contribution in [3.05, 3.63) is 22.7 Å². The number of halogens is 1. The van der Waals surface area contributed by atoms with E-state index in [4.69, 9.17) is 17.3 Å². The van der Waals surface area contributed by atoms with Crippen molar-refractivity contribution in [1.82, 2.24) is 4.72 Å². The standard InChI is InChI=1S/C14H23ClN2O2S/c1-5-14(6-2,7-3)17-20(18,19)13-9-12(16)10(4)8-11(13)15/h8-9,17H,5-7,16H2,1-4H3. The number of hydrogen-bond donors (Lipinski definition) is 2. The smallest absolute Gasteiger partial charge is 0.242 e. The van der Waals surface area contributed by atoms with Crippen molar-refractivity contribution in [2.24, 2.45) is 0 Å². The predicted octanol–water partition coefficient (Wildman–Crippen LogP) is 3.48. The van der Waals surface area contributed by atoms with Crippen LogP contribution in [0.1, 0.15) is 45.6 Å². The molecule has 0 saturated carbocycles. The summed E-state index contributed by atoms with van der Waals surface area (Å²) >= 11 is 6.07. The molecule has 0 amide bonds. The molecule has 4 nitrogen and oxygen atoms in total. The molecule has 1 aromatic carbocycles. The molecule has 0 fully saturated rings. The molecular weight excluding hydrogens is 296 g/mol. The van der Waals surface area contributed by atoms with Gasteiger partial charge in [-0.05, 0) is 43.9 Å². The lowest BCUT2D eigenvalue weighted by Gasteiger charge is -2.31. The number of hydrogen-bond acceptors (Lipinski definition) is 3. The van der Waals surface area contributed by atoms with E-state index in [1.165, 1.54) is 6.07 Å². The Bertz CT molecular complexity index is 573. The summed E-state index contributed by atoms with van der Waals surface area (Å²) in [5.74, 6) is 0. The molecule has 0 unspecified atom stereocenters. The van der Waals surface area contributed by atoms with E-state index in [-0.39, 0.29) is 9.92 Å². The van der Waals surface area contributed by atoms with Crippen LogP contribution in [0, 0.1) is 6.92 Å². The third-order valence-corrected chi connectivity index (χ3v) is 6.03. The summed E-state index contributed by atoms with van der Waals surface area (Å²) in [6.07, 6.45) is 2.16. The van der Waals surface area contributed by atoms with Crippen LogP contribution >= 0.6 is 11.6 Å². The van der Waals surface area contributed by atoms with Gasteiger partial charge in [0.25, 0.3) is 0 Å². The SMILES string of the molecule is CCC(CC)(CC)NS(=O)(=O)c1cc(N)c(C)cc1Cl. The van der Waals surface area contributed by atoms with E-state index in [2.05, 4.69) is 4.72 Å². The van der Waals surface area contributed by atoms with Crippen LogP contribution in [0.3, 0.4) is 0 Å². The zero-order valence-corrected chi connectivity index (χ0v) is 14.0. The Kier molecular flexibility index (Phi) is 5.46. The van der Waals surface area contributed by atoms with E-state index in [1.807, 2.05) is 20.8 Å². The zero-order valence-electron chi connectivity index (χ0n) is 12.5. The first-order valence-electron chi connectivity index (χ1n) is 6.81. The van der Waals surface area contributed by atoms with Crippen LogP contribution < -0.4 is 10.5 Å². The first-order valence-corrected chi connectivity index (χ1v) is 8.67. The summed E-state index contributed by atoms with van der Waals surface area (Å²) in [7, 11) is -3.69. The maximum atomic E-state index is 12.6. The average Bonchev–Trinajstić information content (AvgIpc) is 2.40. The van der Waals surface area contributed by atoms with Crippen LogP contribution in [-0.2, 0) is 10.0 Å². The molecule has 114 valence electrons. The van der Waals surface area contributed by atoms with Crippen molar-refractivity contribution in [2.75, 3.05) is 5.73 Å². The van der Waals surface area contributed by atoms with Gasteiger partial charge in [-0.3, -0.25) is 0 Å². The molecule has 0 saturated heterocycles. The highest BCUT2D eigenvalue weighted by atomic mass is 35.5. The van der Waals surface area contributed by atoms with Crippen molar-refractivity contribution in [3.8, 4) is 0 Å². The summed E-state index contributed by atoms with van der Waals surface area (Å²) < 4.78 is 27.9. The van der Waals surface area contributed by atoms with Gasteiger partial charge < -0.3 is 5.73 Å². The summed E-state index contributed by atoms with van der Waals surface area (Å²) in [6, 6.07) is 3.00. The van der Waals surface area contributed by atoms with Gasteiger partial charge in [-0.2, -0.15) is 0 Å². The lowest BCUT2D eigenvalue weighted by molar-refractivity contribution is 0.341. The second kappa shape index (κ2) is 6.33. The highest BCUT2D eigenvalue weighted by molar-refractivity contribution is 7.89. The number of aryl methyl sites for hydroxylation is 1. The van der Waals surface area contributed by atoms with Crippen LogP contribution in [0.5, 0.6) is 0 Å². The van der Waals surface area contributed by atoms with E-state index in [0.29, 0.717) is 5.69 Å². The van der Waals surface area contributed by atoms with E-state index >= 15 is 0 Å². The fourth-order valence-electron chi connectivity index (χ4n) is 2.18. The molecule has 6 heteroatoms. The zero-order chi connectivity index (χ0) is 15.6. The van der Waals surface area contributed by atoms with Crippen molar-refractivity contribution in [1.29, 1.82) is 0 Å². The Morgan fingerprint density at radius 1 is 1.20 bits per heavy atom. The molecular formula is C14H23ClN2O2S. The summed E-state index contributed by atoms with van der Waals surface area (Å²) in [5.41, 5.74) is 6.54. The van der Waals surface area contributed by atoms with Gasteiger partial charge >= 0.3 is 0 Å². The first-order chi connectivity index (χ1) is 9.21. The molecule has 0 aliphatic carbocycles. The number of nitrogens with two attached hydrogens (primary N) is 1. The van der Waals surface area contributed by atoms with Crippen molar-refractivity contribution in [2.45, 2.75) is 57.4 Å². The van der Waals surface area contributed by atoms with E-state index in [1.54, 1.807) is 13.0 Å². The normalized spacial score (nSPS) is 12.7. The van der Waals surface area contributed by atoms with Gasteiger partial charge in [0.05, 0.1) is 5.02 Å². The van der Waals surface area contributed by atoms with Gasteiger partial charge in [0.1, 0.15) is 4.90 Å². The number of sulfonamides is 1. The van der Waals surface area contributed by atoms with Gasteiger partial charge in [0.15, 0.2) is 0 Å². The quantitative estimate of drug-likeness (QED) is 0.789. The Hall–Kier alpha value is -0.780. The lowest BCUT2D eigenvalue weighted by Crippen LogP contribution is -2.47. The van der Waals surface area contributed by atoms with E-state index < -0.39 is 15.6 Å². The Morgan fingerprint density at radius 3 is 2.15 bits per heavy atom. The van der Waals surface area contributed by atoms with Gasteiger partial charge in [-0.1, -0.05) is 32.4 Å². The summed E-state index contributed by atoms with van der Waals surface area (Å²) in [5, 5.41) is 0.196. The summed E-state index contributed by atoms with van der Waals surface area (Å²) in [6.45, 7) is 7.71. The van der Waals surface area contributed by atoms with Crippen LogP contribution in [0.25, 0.3) is 0 Å². The number of anilines is 1. The van der Waals surface area contributed by atoms with Crippen LogP contribution in [0.4, 0.5) is 5.69 Å². The van der Waals surface area contributed by atoms with Gasteiger partial charge in [-0.25, -0.2) is 13.1 Å². The second-order valence-electron chi connectivity index (χ2n) is 5.09. The molecule has 0 heterocycles. The first kappa shape index (κ1) is 17.3. The third-order valence-electron chi connectivity index (χ3n) is 3.99. The average molecular weight is 319 g/mol. The monoisotopic (exact) mass is 318 g/mol. The maximum absolute atomic E-state index is 12.6. The van der Waals surface area contributed by atoms with Gasteiger partial charge in [0, 0.05) is 11.2 Å². The van der Waals surface area contributed by atoms with Gasteiger partial charge in [-0.15, -0.1) is 0 Å². The molecule has 0 spiro atoms.